The van der Waals surface area contributed by atoms with Gasteiger partial charge in [0.2, 0.25) is 0 Å². The molecule has 9 rings (SSSR count). The number of allylic oxidation sites excluding steroid dienone is 8. The van der Waals surface area contributed by atoms with Crippen molar-refractivity contribution in [2.24, 2.45) is 5.92 Å². The van der Waals surface area contributed by atoms with Gasteiger partial charge in [-0.15, -0.1) is 0 Å². The first kappa shape index (κ1) is 26.7. The van der Waals surface area contributed by atoms with Crippen LogP contribution in [0.25, 0.3) is 49.4 Å². The first-order valence-electron chi connectivity index (χ1n) is 16.3. The highest BCUT2D eigenvalue weighted by molar-refractivity contribution is 6.20. The molecule has 46 heavy (non-hydrogen) atoms. The van der Waals surface area contributed by atoms with Crippen molar-refractivity contribution in [3.8, 4) is 22.3 Å². The molecule has 0 radical (unpaired) electrons. The molecule has 0 amide bonds. The van der Waals surface area contributed by atoms with E-state index >= 15 is 0 Å². The maximum absolute atomic E-state index is 2.52. The summed E-state index contributed by atoms with van der Waals surface area (Å²) in [5, 5.41) is 5.12. The zero-order valence-electron chi connectivity index (χ0n) is 25.6. The predicted octanol–water partition coefficient (Wildman–Crippen LogP) is 11.9. The molecule has 218 valence electrons. The molecular weight excluding hydrogens is 555 g/mol. The van der Waals surface area contributed by atoms with Gasteiger partial charge in [0, 0.05) is 23.0 Å². The van der Waals surface area contributed by atoms with Crippen LogP contribution in [0.3, 0.4) is 0 Å². The lowest BCUT2D eigenvalue weighted by Gasteiger charge is -2.25. The topological polar surface area (TPSA) is 3.24 Å². The van der Waals surface area contributed by atoms with Crippen molar-refractivity contribution >= 4 is 32.8 Å². The van der Waals surface area contributed by atoms with Gasteiger partial charge in [-0.25, -0.2) is 0 Å². The summed E-state index contributed by atoms with van der Waals surface area (Å²) in [4.78, 5) is 2.51. The SMILES string of the molecule is C1=CC(c2c3ccccc3c(-c3ccccc3-c3ccccc3)c3ccccc23)=CC2C(=C1)N(c1ccccc1)C1=C2C=CCC1. The molecule has 2 aliphatic carbocycles. The Bertz CT molecular complexity index is 2240. The maximum atomic E-state index is 2.52. The smallest absolute Gasteiger partial charge is 0.0455 e. The van der Waals surface area contributed by atoms with Crippen LogP contribution >= 0.6 is 0 Å². The minimum Gasteiger partial charge on any atom is -0.317 e. The molecule has 3 aliphatic rings. The third kappa shape index (κ3) is 4.24. The molecule has 1 aliphatic heterocycles. The quantitative estimate of drug-likeness (QED) is 0.185. The third-order valence-electron chi connectivity index (χ3n) is 9.77. The fraction of sp³-hybridized carbons (Fsp3) is 0.0667. The lowest BCUT2D eigenvalue weighted by Crippen LogP contribution is -2.18. The number of fused-ring (bicyclic) bond motifs is 4. The molecular formula is C45H33N. The van der Waals surface area contributed by atoms with Crippen LogP contribution in [-0.4, -0.2) is 0 Å². The first-order valence-corrected chi connectivity index (χ1v) is 16.3. The molecule has 1 heterocycles. The lowest BCUT2D eigenvalue weighted by atomic mass is 9.82. The normalized spacial score (nSPS) is 17.1. The molecule has 1 atom stereocenters. The molecule has 0 saturated carbocycles. The zero-order chi connectivity index (χ0) is 30.5. The second-order valence-corrected chi connectivity index (χ2v) is 12.3. The van der Waals surface area contributed by atoms with E-state index in [9.17, 15) is 0 Å². The van der Waals surface area contributed by atoms with Gasteiger partial charge in [0.1, 0.15) is 0 Å². The van der Waals surface area contributed by atoms with Crippen molar-refractivity contribution in [1.82, 2.24) is 0 Å². The Morgan fingerprint density at radius 1 is 0.543 bits per heavy atom. The lowest BCUT2D eigenvalue weighted by molar-refractivity contribution is 0.914. The van der Waals surface area contributed by atoms with E-state index < -0.39 is 0 Å². The van der Waals surface area contributed by atoms with Gasteiger partial charge in [0.25, 0.3) is 0 Å². The van der Waals surface area contributed by atoms with Gasteiger partial charge in [-0.1, -0.05) is 152 Å². The molecule has 0 N–H and O–H groups in total. The summed E-state index contributed by atoms with van der Waals surface area (Å²) in [7, 11) is 0. The summed E-state index contributed by atoms with van der Waals surface area (Å²) in [5.41, 5.74) is 13.0. The van der Waals surface area contributed by atoms with Crippen LogP contribution in [-0.2, 0) is 0 Å². The molecule has 1 heteroatoms. The van der Waals surface area contributed by atoms with Gasteiger partial charge in [-0.05, 0) is 91.6 Å². The van der Waals surface area contributed by atoms with E-state index in [1.807, 2.05) is 0 Å². The average Bonchev–Trinajstić information content (AvgIpc) is 3.27. The Hall–Kier alpha value is -5.66. The van der Waals surface area contributed by atoms with Crippen LogP contribution in [0.2, 0.25) is 0 Å². The summed E-state index contributed by atoms with van der Waals surface area (Å²) < 4.78 is 0. The molecule has 0 fully saturated rings. The van der Waals surface area contributed by atoms with Gasteiger partial charge in [-0.2, -0.15) is 0 Å². The Labute approximate surface area is 270 Å². The van der Waals surface area contributed by atoms with Crippen molar-refractivity contribution in [3.05, 3.63) is 192 Å². The van der Waals surface area contributed by atoms with E-state index in [2.05, 4.69) is 175 Å². The number of hydrogen-bond donors (Lipinski definition) is 0. The number of anilines is 1. The highest BCUT2D eigenvalue weighted by atomic mass is 15.2. The Kier molecular flexibility index (Phi) is 6.42. The Balaban J connectivity index is 1.29. The standard InChI is InChI=1S/C45H33N/c1-3-16-31(17-4-1)34-21-7-8-23-36(34)45-39-26-11-9-24-37(39)44(38-25-10-12-27-40(38)45)32-18-15-29-43-41(30-32)35-22-13-14-28-42(35)46(43)33-19-5-2-6-20-33/h1-13,15-27,29-30,41H,14,28H2. The van der Waals surface area contributed by atoms with Crippen molar-refractivity contribution in [1.29, 1.82) is 0 Å². The fourth-order valence-corrected chi connectivity index (χ4v) is 7.84. The monoisotopic (exact) mass is 587 g/mol. The van der Waals surface area contributed by atoms with Crippen molar-refractivity contribution in [2.75, 3.05) is 4.90 Å². The fourth-order valence-electron chi connectivity index (χ4n) is 7.84. The van der Waals surface area contributed by atoms with E-state index in [1.165, 1.54) is 77.6 Å². The Morgan fingerprint density at radius 3 is 1.83 bits per heavy atom. The molecule has 6 aromatic rings. The van der Waals surface area contributed by atoms with E-state index in [0.29, 0.717) is 0 Å². The number of para-hydroxylation sites is 1. The van der Waals surface area contributed by atoms with Crippen LogP contribution in [0, 0.1) is 5.92 Å². The highest BCUT2D eigenvalue weighted by Gasteiger charge is 2.36. The van der Waals surface area contributed by atoms with Crippen molar-refractivity contribution < 1.29 is 0 Å². The number of benzene rings is 6. The number of hydrogen-bond acceptors (Lipinski definition) is 1. The second-order valence-electron chi connectivity index (χ2n) is 12.3. The highest BCUT2D eigenvalue weighted by Crippen LogP contribution is 2.49. The van der Waals surface area contributed by atoms with Gasteiger partial charge in [-0.3, -0.25) is 0 Å². The van der Waals surface area contributed by atoms with E-state index in [-0.39, 0.29) is 5.92 Å². The van der Waals surface area contributed by atoms with Crippen molar-refractivity contribution in [2.45, 2.75) is 12.8 Å². The van der Waals surface area contributed by atoms with Crippen LogP contribution < -0.4 is 4.90 Å². The van der Waals surface area contributed by atoms with Crippen LogP contribution in [0.15, 0.2) is 187 Å². The van der Waals surface area contributed by atoms with E-state index in [4.69, 9.17) is 0 Å². The Morgan fingerprint density at radius 2 is 1.13 bits per heavy atom. The minimum atomic E-state index is 0.188. The minimum absolute atomic E-state index is 0.188. The second kappa shape index (κ2) is 11.1. The third-order valence-corrected chi connectivity index (χ3v) is 9.77. The average molecular weight is 588 g/mol. The summed E-state index contributed by atoms with van der Waals surface area (Å²) in [6.45, 7) is 0. The number of nitrogens with zero attached hydrogens (tertiary/aromatic N) is 1. The van der Waals surface area contributed by atoms with Crippen LogP contribution in [0.5, 0.6) is 0 Å². The van der Waals surface area contributed by atoms with Gasteiger partial charge >= 0.3 is 0 Å². The van der Waals surface area contributed by atoms with Gasteiger partial charge < -0.3 is 4.90 Å². The molecule has 1 nitrogen and oxygen atoms in total. The summed E-state index contributed by atoms with van der Waals surface area (Å²) in [6.07, 6.45) is 16.3. The van der Waals surface area contributed by atoms with Gasteiger partial charge in [0.15, 0.2) is 0 Å². The van der Waals surface area contributed by atoms with E-state index in [1.54, 1.807) is 0 Å². The molecule has 0 bridgehead atoms. The summed E-state index contributed by atoms with van der Waals surface area (Å²) in [5.74, 6) is 0.188. The molecule has 6 aromatic carbocycles. The van der Waals surface area contributed by atoms with Crippen molar-refractivity contribution in [3.63, 3.8) is 0 Å². The molecule has 1 unspecified atom stereocenters. The first-order chi connectivity index (χ1) is 22.9. The molecule has 0 saturated heterocycles. The van der Waals surface area contributed by atoms with Crippen LogP contribution in [0.4, 0.5) is 5.69 Å². The largest absolute Gasteiger partial charge is 0.317 e. The maximum Gasteiger partial charge on any atom is 0.0455 e. The van der Waals surface area contributed by atoms with E-state index in [0.717, 1.165) is 12.8 Å². The van der Waals surface area contributed by atoms with Crippen LogP contribution in [0.1, 0.15) is 18.4 Å². The molecule has 0 spiro atoms. The number of rotatable bonds is 4. The predicted molar refractivity (Wildman–Crippen MR) is 195 cm³/mol. The van der Waals surface area contributed by atoms with Gasteiger partial charge in [0.05, 0.1) is 0 Å². The summed E-state index contributed by atoms with van der Waals surface area (Å²) >= 11 is 0. The summed E-state index contributed by atoms with van der Waals surface area (Å²) in [6, 6.07) is 48.5. The zero-order valence-corrected chi connectivity index (χ0v) is 25.6. The molecule has 0 aromatic heterocycles.